The van der Waals surface area contributed by atoms with E-state index in [4.69, 9.17) is 4.55 Å². The minimum absolute atomic E-state index is 0.251. The van der Waals surface area contributed by atoms with E-state index in [2.05, 4.69) is 71.9 Å². The summed E-state index contributed by atoms with van der Waals surface area (Å²) in [7, 11) is -8.21. The minimum atomic E-state index is -4.23. The van der Waals surface area contributed by atoms with Gasteiger partial charge in [-0.1, -0.05) is 35.2 Å². The molecule has 0 radical (unpaired) electrons. The molecule has 0 bridgehead atoms. The molecule has 0 atom stereocenters. The molecule has 3 aromatic rings. The number of thiazole rings is 1. The second-order valence-electron chi connectivity index (χ2n) is 10.1. The molecule has 0 aliphatic carbocycles. The van der Waals surface area contributed by atoms with Gasteiger partial charge in [-0.3, -0.25) is 4.55 Å². The molecule has 0 saturated carbocycles. The van der Waals surface area contributed by atoms with Crippen LogP contribution in [0.3, 0.4) is 0 Å². The first-order chi connectivity index (χ1) is 18.8. The van der Waals surface area contributed by atoms with Crippen molar-refractivity contribution in [2.75, 3.05) is 23.0 Å². The van der Waals surface area contributed by atoms with Crippen LogP contribution in [0.15, 0.2) is 58.0 Å². The first-order valence-corrected chi connectivity index (χ1v) is 17.9. The summed E-state index contributed by atoms with van der Waals surface area (Å²) in [6.45, 7) is 7.38. The number of fused-ring (bicyclic) bond motifs is 2. The van der Waals surface area contributed by atoms with E-state index in [1.165, 1.54) is 0 Å². The van der Waals surface area contributed by atoms with Crippen molar-refractivity contribution in [3.05, 3.63) is 69.2 Å². The highest BCUT2D eigenvalue weighted by Gasteiger charge is 2.25. The molecule has 2 aromatic carbocycles. The molecule has 216 valence electrons. The fourth-order valence-electron chi connectivity index (χ4n) is 4.64. The maximum absolute atomic E-state index is 11.2. The fourth-order valence-corrected chi connectivity index (χ4v) is 8.36. The van der Waals surface area contributed by atoms with Crippen LogP contribution < -0.4 is 9.47 Å². The zero-order chi connectivity index (χ0) is 29.1. The van der Waals surface area contributed by atoms with Gasteiger partial charge in [0.1, 0.15) is 4.70 Å². The van der Waals surface area contributed by atoms with E-state index in [0.29, 0.717) is 38.8 Å². The third kappa shape index (κ3) is 8.40. The Bertz CT molecular complexity index is 1670. The molecule has 40 heavy (non-hydrogen) atoms. The first-order valence-electron chi connectivity index (χ1n) is 13.1. The van der Waals surface area contributed by atoms with Gasteiger partial charge in [0.25, 0.3) is 15.1 Å². The second-order valence-corrected chi connectivity index (χ2v) is 15.3. The molecule has 0 unspecified atom stereocenters. The van der Waals surface area contributed by atoms with Crippen LogP contribution in [0.4, 0.5) is 5.69 Å². The Morgan fingerprint density at radius 1 is 1.00 bits per heavy atom. The van der Waals surface area contributed by atoms with Gasteiger partial charge in [-0.2, -0.15) is 13.0 Å². The summed E-state index contributed by atoms with van der Waals surface area (Å²) in [5.74, 6) is -0.610. The highest BCUT2D eigenvalue weighted by atomic mass is 32.2. The summed E-state index contributed by atoms with van der Waals surface area (Å²) in [5, 5.41) is 2.08. The number of aryl methyl sites for hydroxylation is 3. The van der Waals surface area contributed by atoms with E-state index >= 15 is 0 Å². The average Bonchev–Trinajstić information content (AvgIpc) is 3.34. The van der Waals surface area contributed by atoms with Crippen molar-refractivity contribution in [1.82, 2.24) is 0 Å². The molecule has 1 N–H and O–H groups in total. The number of allylic oxidation sites excluding steroid dienone is 2. The zero-order valence-corrected chi connectivity index (χ0v) is 26.1. The zero-order valence-electron chi connectivity index (χ0n) is 22.8. The van der Waals surface area contributed by atoms with Crippen molar-refractivity contribution in [3.63, 3.8) is 0 Å². The Balaban J connectivity index is 1.61. The van der Waals surface area contributed by atoms with Gasteiger partial charge in [-0.15, -0.1) is 0 Å². The standard InChI is InChI=1S/C28H34N2O6S4/c1-20-8-10-23-25(16-20)37-27(29(23)12-4-6-14-39(31,32)33)18-22(3)19-28-30(13-5-7-15-40(34,35)36)24-11-9-21(2)17-26(24)38-28/h8-11,16-19H,4-7,12-15H2,1-3H3,(H-,31,32,33,34,35,36). The minimum Gasteiger partial charge on any atom is -0.748 e. The SMILES string of the molecule is CC(=C/c1sc2cc(C)ccc2[n+]1CCCCS(=O)(=O)O)/C=C1\Sc2cc(C)ccc2N1CCCCS(=O)(=O)[O-]. The monoisotopic (exact) mass is 622 g/mol. The van der Waals surface area contributed by atoms with Gasteiger partial charge in [0.05, 0.1) is 26.6 Å². The number of hydrogen-bond donors (Lipinski definition) is 1. The van der Waals surface area contributed by atoms with Gasteiger partial charge in [-0.05, 0) is 81.0 Å². The first kappa shape index (κ1) is 30.7. The molecular formula is C28H34N2O6S4. The topological polar surface area (TPSA) is 119 Å². The van der Waals surface area contributed by atoms with Gasteiger partial charge >= 0.3 is 0 Å². The summed E-state index contributed by atoms with van der Waals surface area (Å²) in [5.41, 5.74) is 5.52. The van der Waals surface area contributed by atoms with Crippen LogP contribution >= 0.6 is 23.1 Å². The number of benzene rings is 2. The van der Waals surface area contributed by atoms with Crippen LogP contribution in [0.25, 0.3) is 16.3 Å². The molecule has 0 fully saturated rings. The average molecular weight is 623 g/mol. The molecule has 0 spiro atoms. The lowest BCUT2D eigenvalue weighted by molar-refractivity contribution is -0.669. The van der Waals surface area contributed by atoms with Crippen molar-refractivity contribution in [3.8, 4) is 0 Å². The van der Waals surface area contributed by atoms with Crippen LogP contribution in [0.5, 0.6) is 0 Å². The molecule has 8 nitrogen and oxygen atoms in total. The fraction of sp³-hybridized carbons (Fsp3) is 0.393. The predicted molar refractivity (Wildman–Crippen MR) is 162 cm³/mol. The van der Waals surface area contributed by atoms with E-state index in [9.17, 15) is 21.4 Å². The second kappa shape index (κ2) is 12.7. The van der Waals surface area contributed by atoms with Gasteiger partial charge in [-0.25, -0.2) is 8.42 Å². The van der Waals surface area contributed by atoms with Crippen LogP contribution in [0.2, 0.25) is 0 Å². The van der Waals surface area contributed by atoms with Crippen LogP contribution in [-0.2, 0) is 26.8 Å². The summed E-state index contributed by atoms with van der Waals surface area (Å²) in [4.78, 5) is 3.33. The van der Waals surface area contributed by atoms with Crippen molar-refractivity contribution >= 4 is 65.3 Å². The number of thioether (sulfide) groups is 1. The third-order valence-corrected chi connectivity index (χ3v) is 10.3. The summed E-state index contributed by atoms with van der Waals surface area (Å²) in [6.07, 6.45) is 6.14. The lowest BCUT2D eigenvalue weighted by Gasteiger charge is -2.21. The molecule has 2 heterocycles. The molecular weight excluding hydrogens is 589 g/mol. The van der Waals surface area contributed by atoms with E-state index < -0.39 is 20.2 Å². The number of nitrogens with zero attached hydrogens (tertiary/aromatic N) is 2. The Morgan fingerprint density at radius 3 is 2.42 bits per heavy atom. The smallest absolute Gasteiger partial charge is 0.264 e. The van der Waals surface area contributed by atoms with E-state index in [1.54, 1.807) is 23.1 Å². The van der Waals surface area contributed by atoms with Crippen LogP contribution in [-0.4, -0.2) is 44.0 Å². The lowest BCUT2D eigenvalue weighted by Crippen LogP contribution is -2.35. The lowest BCUT2D eigenvalue weighted by atomic mass is 10.2. The van der Waals surface area contributed by atoms with Gasteiger partial charge < -0.3 is 9.45 Å². The normalized spacial score (nSPS) is 15.4. The highest BCUT2D eigenvalue weighted by molar-refractivity contribution is 8.03. The number of aromatic nitrogens is 1. The molecule has 12 heteroatoms. The molecule has 1 aromatic heterocycles. The van der Waals surface area contributed by atoms with Crippen LogP contribution in [0, 0.1) is 13.8 Å². The third-order valence-electron chi connectivity index (χ3n) is 6.54. The maximum atomic E-state index is 11.2. The predicted octanol–water partition coefficient (Wildman–Crippen LogP) is 5.66. The van der Waals surface area contributed by atoms with E-state index in [-0.39, 0.29) is 11.5 Å². The molecule has 1 aliphatic rings. The number of hydrogen-bond acceptors (Lipinski definition) is 8. The summed E-state index contributed by atoms with van der Waals surface area (Å²) >= 11 is 3.35. The van der Waals surface area contributed by atoms with Crippen molar-refractivity contribution in [2.45, 2.75) is 57.9 Å². The molecule has 0 saturated heterocycles. The molecule has 1 aliphatic heterocycles. The van der Waals surface area contributed by atoms with Crippen LogP contribution in [0.1, 0.15) is 48.7 Å². The maximum Gasteiger partial charge on any atom is 0.264 e. The number of rotatable bonds is 12. The summed E-state index contributed by atoms with van der Waals surface area (Å²) in [6, 6.07) is 12.6. The van der Waals surface area contributed by atoms with E-state index in [1.807, 2.05) is 6.92 Å². The largest absolute Gasteiger partial charge is 0.748 e. The van der Waals surface area contributed by atoms with E-state index in [0.717, 1.165) is 47.5 Å². The quantitative estimate of drug-likeness (QED) is 0.156. The Kier molecular flexibility index (Phi) is 9.79. The molecule has 0 amide bonds. The van der Waals surface area contributed by atoms with Gasteiger partial charge in [0, 0.05) is 35.8 Å². The number of anilines is 1. The highest BCUT2D eigenvalue weighted by Crippen LogP contribution is 2.47. The van der Waals surface area contributed by atoms with Gasteiger partial charge in [0.2, 0.25) is 5.52 Å². The Labute approximate surface area is 244 Å². The van der Waals surface area contributed by atoms with Crippen molar-refractivity contribution in [2.24, 2.45) is 0 Å². The molecule has 4 rings (SSSR count). The van der Waals surface area contributed by atoms with Crippen molar-refractivity contribution in [1.29, 1.82) is 0 Å². The number of unbranched alkanes of at least 4 members (excludes halogenated alkanes) is 2. The Hall–Kier alpha value is -2.22. The van der Waals surface area contributed by atoms with Gasteiger partial charge in [0.15, 0.2) is 6.54 Å². The summed E-state index contributed by atoms with van der Waals surface area (Å²) < 4.78 is 67.9. The van der Waals surface area contributed by atoms with Crippen molar-refractivity contribution < 1.29 is 30.5 Å². The Morgan fingerprint density at radius 2 is 1.70 bits per heavy atom.